The van der Waals surface area contributed by atoms with Crippen LogP contribution in [0.1, 0.15) is 26.3 Å². The second-order valence-electron chi connectivity index (χ2n) is 6.43. The molecule has 8 heteroatoms. The van der Waals surface area contributed by atoms with Gasteiger partial charge in [0, 0.05) is 29.5 Å². The summed E-state index contributed by atoms with van der Waals surface area (Å²) in [6.07, 6.45) is -0.335. The number of benzene rings is 1. The summed E-state index contributed by atoms with van der Waals surface area (Å²) < 4.78 is 16.5. The molecule has 6 nitrogen and oxygen atoms in total. The van der Waals surface area contributed by atoms with E-state index in [2.05, 4.69) is 10.6 Å². The van der Waals surface area contributed by atoms with Crippen molar-refractivity contribution in [2.24, 2.45) is 0 Å². The highest BCUT2D eigenvalue weighted by molar-refractivity contribution is 7.86. The van der Waals surface area contributed by atoms with Crippen LogP contribution in [0.15, 0.2) is 30.3 Å². The Balaban J connectivity index is 2.71. The van der Waals surface area contributed by atoms with Crippen LogP contribution in [0.3, 0.4) is 0 Å². The minimum Gasteiger partial charge on any atom is -0.444 e. The van der Waals surface area contributed by atoms with Crippen molar-refractivity contribution in [1.82, 2.24) is 10.6 Å². The molecule has 0 fully saturated rings. The van der Waals surface area contributed by atoms with Gasteiger partial charge in [0.05, 0.1) is 5.21 Å². The number of carbonyl (C=O) groups is 2. The van der Waals surface area contributed by atoms with Gasteiger partial charge in [0.25, 0.3) is 0 Å². The van der Waals surface area contributed by atoms with Crippen molar-refractivity contribution in [1.29, 1.82) is 0 Å². The van der Waals surface area contributed by atoms with E-state index in [0.717, 1.165) is 5.56 Å². The largest absolute Gasteiger partial charge is 0.444 e. The molecule has 140 valence electrons. The molecule has 1 aromatic carbocycles. The van der Waals surface area contributed by atoms with Crippen molar-refractivity contribution in [3.05, 3.63) is 35.9 Å². The second-order valence-corrected chi connectivity index (χ2v) is 8.59. The number of rotatable bonds is 8. The van der Waals surface area contributed by atoms with Crippen molar-refractivity contribution in [2.45, 2.75) is 38.8 Å². The van der Waals surface area contributed by atoms with Crippen LogP contribution in [0, 0.1) is 0 Å². The second kappa shape index (κ2) is 10.4. The number of carbonyl (C=O) groups excluding carboxylic acids is 2. The van der Waals surface area contributed by atoms with Gasteiger partial charge < -0.3 is 15.4 Å². The molecule has 2 atom stereocenters. The number of amides is 2. The summed E-state index contributed by atoms with van der Waals surface area (Å²) in [5, 5.41) is 5.30. The van der Waals surface area contributed by atoms with Crippen LogP contribution in [-0.2, 0) is 26.8 Å². The Morgan fingerprint density at radius 3 is 2.44 bits per heavy atom. The Hall–Kier alpha value is -1.60. The normalized spacial score (nSPS) is 13.6. The molecule has 0 radical (unpaired) electrons. The maximum atomic E-state index is 12.4. The fourth-order valence-electron chi connectivity index (χ4n) is 1.97. The number of halogens is 1. The summed E-state index contributed by atoms with van der Waals surface area (Å²) in [6.45, 7) is 5.47. The molecule has 0 aliphatic heterocycles. The van der Waals surface area contributed by atoms with Crippen molar-refractivity contribution in [3.63, 3.8) is 0 Å². The number of hydrogen-bond donors (Lipinski definition) is 2. The quantitative estimate of drug-likeness (QED) is 0.668. The van der Waals surface area contributed by atoms with Gasteiger partial charge in [-0.25, -0.2) is 4.79 Å². The van der Waals surface area contributed by atoms with E-state index < -0.39 is 28.5 Å². The van der Waals surface area contributed by atoms with E-state index in [1.165, 1.54) is 0 Å². The summed E-state index contributed by atoms with van der Waals surface area (Å²) in [5.74, 6) is -0.0963. The molecule has 2 amide bonds. The van der Waals surface area contributed by atoms with Crippen LogP contribution in [-0.4, -0.2) is 45.4 Å². The van der Waals surface area contributed by atoms with Crippen molar-refractivity contribution < 1.29 is 18.5 Å². The molecule has 0 spiro atoms. The van der Waals surface area contributed by atoms with E-state index >= 15 is 0 Å². The Bertz CT molecular complexity index is 590. The molecular weight excluding hydrogens is 364 g/mol. The Labute approximate surface area is 156 Å². The van der Waals surface area contributed by atoms with Crippen LogP contribution >= 0.6 is 11.6 Å². The lowest BCUT2D eigenvalue weighted by atomic mass is 10.1. The number of nitrogens with one attached hydrogen (secondary N) is 2. The molecule has 25 heavy (non-hydrogen) atoms. The van der Waals surface area contributed by atoms with E-state index in [1.807, 2.05) is 30.3 Å². The highest BCUT2D eigenvalue weighted by atomic mass is 35.5. The first kappa shape index (κ1) is 21.4. The topological polar surface area (TPSA) is 84.5 Å². The molecule has 2 N–H and O–H groups in total. The third-order valence-electron chi connectivity index (χ3n) is 3.04. The van der Waals surface area contributed by atoms with Gasteiger partial charge in [-0.2, -0.15) is 0 Å². The fraction of sp³-hybridized carbons (Fsp3) is 0.529. The van der Waals surface area contributed by atoms with E-state index in [0.29, 0.717) is 6.42 Å². The summed E-state index contributed by atoms with van der Waals surface area (Å²) >= 11 is 5.48. The lowest BCUT2D eigenvalue weighted by Crippen LogP contribution is -2.49. The maximum absolute atomic E-state index is 12.4. The third-order valence-corrected chi connectivity index (χ3v) is 4.67. The molecule has 0 aliphatic carbocycles. The standard InChI is InChI=1S/C17H25ClN2O4S/c1-17(2,3)24-16(22)20-14(11-13-7-5-4-6-8-13)15(21)19-9-10-25(23)12-18/h4-8,14H,9-12H2,1-3H3,(H,19,21)(H,20,22)/t14-,25?/m0/s1. The van der Waals surface area contributed by atoms with Gasteiger partial charge in [-0.15, -0.1) is 11.6 Å². The molecule has 1 aromatic rings. The van der Waals surface area contributed by atoms with E-state index in [1.54, 1.807) is 20.8 Å². The summed E-state index contributed by atoms with van der Waals surface area (Å²) in [6, 6.07) is 8.56. The first-order valence-electron chi connectivity index (χ1n) is 7.93. The van der Waals surface area contributed by atoms with Gasteiger partial charge >= 0.3 is 6.09 Å². The molecule has 0 aromatic heterocycles. The molecule has 0 saturated heterocycles. The number of alkyl halides is 1. The average molecular weight is 389 g/mol. The highest BCUT2D eigenvalue weighted by Gasteiger charge is 2.24. The van der Waals surface area contributed by atoms with Crippen molar-refractivity contribution in [3.8, 4) is 0 Å². The Morgan fingerprint density at radius 2 is 1.88 bits per heavy atom. The molecule has 0 heterocycles. The van der Waals surface area contributed by atoms with Gasteiger partial charge in [-0.3, -0.25) is 9.00 Å². The van der Waals surface area contributed by atoms with Crippen LogP contribution < -0.4 is 10.6 Å². The van der Waals surface area contributed by atoms with E-state index in [9.17, 15) is 13.8 Å². The van der Waals surface area contributed by atoms with Gasteiger partial charge in [-0.05, 0) is 26.3 Å². The van der Waals surface area contributed by atoms with Crippen LogP contribution in [0.2, 0.25) is 0 Å². The zero-order valence-corrected chi connectivity index (χ0v) is 16.3. The van der Waals surface area contributed by atoms with E-state index in [4.69, 9.17) is 16.3 Å². The maximum Gasteiger partial charge on any atom is 0.408 e. The predicted octanol–water partition coefficient (Wildman–Crippen LogP) is 2.18. The van der Waals surface area contributed by atoms with Gasteiger partial charge in [-0.1, -0.05) is 30.3 Å². The summed E-state index contributed by atoms with van der Waals surface area (Å²) in [4.78, 5) is 24.4. The van der Waals surface area contributed by atoms with Crippen LogP contribution in [0.4, 0.5) is 4.79 Å². The SMILES string of the molecule is CC(C)(C)OC(=O)N[C@@H](Cc1ccccc1)C(=O)NCCS(=O)CCl. The molecule has 0 bridgehead atoms. The third kappa shape index (κ3) is 9.45. The van der Waals surface area contributed by atoms with Gasteiger partial charge in [0.1, 0.15) is 11.6 Å². The molecule has 0 aliphatic rings. The number of ether oxygens (including phenoxy) is 1. The molecule has 1 unspecified atom stereocenters. The smallest absolute Gasteiger partial charge is 0.408 e. The minimum absolute atomic E-state index is 0.0273. The van der Waals surface area contributed by atoms with Crippen molar-refractivity contribution >= 4 is 34.4 Å². The lowest BCUT2D eigenvalue weighted by Gasteiger charge is -2.23. The average Bonchev–Trinajstić information content (AvgIpc) is 2.53. The minimum atomic E-state index is -1.18. The predicted molar refractivity (Wildman–Crippen MR) is 100 cm³/mol. The van der Waals surface area contributed by atoms with Crippen molar-refractivity contribution in [2.75, 3.05) is 17.5 Å². The van der Waals surface area contributed by atoms with E-state index in [-0.39, 0.29) is 23.4 Å². The highest BCUT2D eigenvalue weighted by Crippen LogP contribution is 2.08. The molecule has 1 rings (SSSR count). The van der Waals surface area contributed by atoms with Gasteiger partial charge in [0.2, 0.25) is 5.91 Å². The summed E-state index contributed by atoms with van der Waals surface area (Å²) in [5.41, 5.74) is 0.248. The fourth-order valence-corrected chi connectivity index (χ4v) is 2.74. The zero-order valence-electron chi connectivity index (χ0n) is 14.7. The number of hydrogen-bond acceptors (Lipinski definition) is 4. The first-order valence-corrected chi connectivity index (χ1v) is 9.95. The molecule has 0 saturated carbocycles. The zero-order chi connectivity index (χ0) is 18.9. The molecular formula is C17H25ClN2O4S. The first-order chi connectivity index (χ1) is 11.7. The number of alkyl carbamates (subject to hydrolysis) is 1. The van der Waals surface area contributed by atoms with Crippen LogP contribution in [0.25, 0.3) is 0 Å². The monoisotopic (exact) mass is 388 g/mol. The Morgan fingerprint density at radius 1 is 1.24 bits per heavy atom. The van der Waals surface area contributed by atoms with Crippen LogP contribution in [0.5, 0.6) is 0 Å². The Kier molecular flexibility index (Phi) is 8.92. The lowest BCUT2D eigenvalue weighted by molar-refractivity contribution is -0.123. The summed E-state index contributed by atoms with van der Waals surface area (Å²) in [7, 11) is -1.18. The van der Waals surface area contributed by atoms with Gasteiger partial charge in [0.15, 0.2) is 0 Å².